The fraction of sp³-hybridized carbons (Fsp3) is 0.214. The molecule has 0 amide bonds. The Labute approximate surface area is 124 Å². The van der Waals surface area contributed by atoms with Crippen LogP contribution in [0.4, 0.5) is 5.82 Å². The summed E-state index contributed by atoms with van der Waals surface area (Å²) >= 11 is 0. The van der Waals surface area contributed by atoms with E-state index in [9.17, 15) is 8.42 Å². The third-order valence-electron chi connectivity index (χ3n) is 2.93. The molecule has 0 spiro atoms. The SMILES string of the molecule is COc1ccc(CCNS(=O)(=O)c2ccnc(N)c2)cc1. The zero-order valence-electron chi connectivity index (χ0n) is 11.6. The van der Waals surface area contributed by atoms with Crippen molar-refractivity contribution in [1.29, 1.82) is 0 Å². The molecule has 21 heavy (non-hydrogen) atoms. The van der Waals surface area contributed by atoms with Crippen LogP contribution in [0.3, 0.4) is 0 Å². The molecule has 6 nitrogen and oxygen atoms in total. The molecule has 0 atom stereocenters. The quantitative estimate of drug-likeness (QED) is 0.836. The summed E-state index contributed by atoms with van der Waals surface area (Å²) in [5, 5.41) is 0. The highest BCUT2D eigenvalue weighted by molar-refractivity contribution is 7.89. The minimum Gasteiger partial charge on any atom is -0.497 e. The number of nitrogens with two attached hydrogens (primary N) is 1. The lowest BCUT2D eigenvalue weighted by atomic mass is 10.1. The summed E-state index contributed by atoms with van der Waals surface area (Å²) in [4.78, 5) is 3.89. The zero-order valence-corrected chi connectivity index (χ0v) is 12.4. The minimum absolute atomic E-state index is 0.115. The maximum Gasteiger partial charge on any atom is 0.240 e. The van der Waals surface area contributed by atoms with E-state index in [2.05, 4.69) is 9.71 Å². The molecule has 0 aliphatic rings. The number of nitrogens with zero attached hydrogens (tertiary/aromatic N) is 1. The number of methoxy groups -OCH3 is 1. The van der Waals surface area contributed by atoms with E-state index in [0.717, 1.165) is 11.3 Å². The normalized spacial score (nSPS) is 11.3. The summed E-state index contributed by atoms with van der Waals surface area (Å²) in [5.41, 5.74) is 6.51. The molecule has 0 saturated carbocycles. The molecule has 112 valence electrons. The summed E-state index contributed by atoms with van der Waals surface area (Å²) in [6.07, 6.45) is 1.96. The minimum atomic E-state index is -3.56. The molecule has 1 aromatic heterocycles. The summed E-state index contributed by atoms with van der Waals surface area (Å²) in [6.45, 7) is 0.302. The fourth-order valence-corrected chi connectivity index (χ4v) is 2.85. The van der Waals surface area contributed by atoms with Crippen molar-refractivity contribution in [2.75, 3.05) is 19.4 Å². The Morgan fingerprint density at radius 1 is 1.24 bits per heavy atom. The van der Waals surface area contributed by atoms with Gasteiger partial charge in [0.15, 0.2) is 0 Å². The number of hydrogen-bond donors (Lipinski definition) is 2. The molecular formula is C14H17N3O3S. The number of hydrogen-bond acceptors (Lipinski definition) is 5. The van der Waals surface area contributed by atoms with Gasteiger partial charge in [0.2, 0.25) is 10.0 Å². The number of ether oxygens (including phenoxy) is 1. The summed E-state index contributed by atoms with van der Waals surface area (Å²) in [7, 11) is -1.96. The van der Waals surface area contributed by atoms with Gasteiger partial charge in [-0.3, -0.25) is 0 Å². The Hall–Kier alpha value is -2.12. The molecule has 0 bridgehead atoms. The third-order valence-corrected chi connectivity index (χ3v) is 4.39. The van der Waals surface area contributed by atoms with Crippen LogP contribution in [0.5, 0.6) is 5.75 Å². The van der Waals surface area contributed by atoms with E-state index in [4.69, 9.17) is 10.5 Å². The number of aromatic nitrogens is 1. The third kappa shape index (κ3) is 4.17. The number of benzene rings is 1. The maximum absolute atomic E-state index is 12.1. The molecule has 1 aromatic carbocycles. The first kappa shape index (κ1) is 15.3. The van der Waals surface area contributed by atoms with Gasteiger partial charge < -0.3 is 10.5 Å². The first-order valence-electron chi connectivity index (χ1n) is 6.35. The van der Waals surface area contributed by atoms with Gasteiger partial charge in [-0.25, -0.2) is 18.1 Å². The fourth-order valence-electron chi connectivity index (χ4n) is 1.80. The summed E-state index contributed by atoms with van der Waals surface area (Å²) in [6, 6.07) is 10.2. The largest absolute Gasteiger partial charge is 0.497 e. The molecule has 7 heteroatoms. The number of pyridine rings is 1. The Morgan fingerprint density at radius 3 is 2.57 bits per heavy atom. The molecule has 0 aliphatic heterocycles. The second kappa shape index (κ2) is 6.55. The Balaban J connectivity index is 1.95. The predicted octanol–water partition coefficient (Wildman–Crippen LogP) is 1.19. The molecule has 2 aromatic rings. The molecule has 2 rings (SSSR count). The van der Waals surface area contributed by atoms with Gasteiger partial charge in [0.05, 0.1) is 12.0 Å². The first-order chi connectivity index (χ1) is 10.0. The number of rotatable bonds is 6. The highest BCUT2D eigenvalue weighted by Crippen LogP contribution is 2.12. The van der Waals surface area contributed by atoms with E-state index < -0.39 is 10.0 Å². The Bertz CT molecular complexity index is 700. The van der Waals surface area contributed by atoms with Crippen molar-refractivity contribution in [3.8, 4) is 5.75 Å². The van der Waals surface area contributed by atoms with Crippen molar-refractivity contribution in [3.05, 3.63) is 48.2 Å². The van der Waals surface area contributed by atoms with Crippen molar-refractivity contribution < 1.29 is 13.2 Å². The first-order valence-corrected chi connectivity index (χ1v) is 7.84. The monoisotopic (exact) mass is 307 g/mol. The number of nitrogens with one attached hydrogen (secondary N) is 1. The molecule has 3 N–H and O–H groups in total. The second-order valence-electron chi connectivity index (χ2n) is 4.41. The molecule has 0 unspecified atom stereocenters. The lowest BCUT2D eigenvalue weighted by molar-refractivity contribution is 0.414. The highest BCUT2D eigenvalue weighted by Gasteiger charge is 2.13. The van der Waals surface area contributed by atoms with Crippen LogP contribution in [0.15, 0.2) is 47.5 Å². The van der Waals surface area contributed by atoms with Gasteiger partial charge >= 0.3 is 0 Å². The molecule has 0 saturated heterocycles. The van der Waals surface area contributed by atoms with Crippen molar-refractivity contribution in [1.82, 2.24) is 9.71 Å². The number of nitrogen functional groups attached to an aromatic ring is 1. The van der Waals surface area contributed by atoms with Crippen LogP contribution in [-0.4, -0.2) is 27.1 Å². The molecule has 0 fully saturated rings. The summed E-state index contributed by atoms with van der Waals surface area (Å²) < 4.78 is 31.7. The van der Waals surface area contributed by atoms with Crippen molar-refractivity contribution in [2.45, 2.75) is 11.3 Å². The average molecular weight is 307 g/mol. The van der Waals surface area contributed by atoms with E-state index in [1.165, 1.54) is 18.3 Å². The van der Waals surface area contributed by atoms with Crippen LogP contribution < -0.4 is 15.2 Å². The maximum atomic E-state index is 12.1. The van der Waals surface area contributed by atoms with Gasteiger partial charge in [0.25, 0.3) is 0 Å². The molecular weight excluding hydrogens is 290 g/mol. The van der Waals surface area contributed by atoms with E-state index in [0.29, 0.717) is 13.0 Å². The van der Waals surface area contributed by atoms with Gasteiger partial charge in [-0.1, -0.05) is 12.1 Å². The van der Waals surface area contributed by atoms with E-state index in [1.807, 2.05) is 24.3 Å². The lowest BCUT2D eigenvalue weighted by Gasteiger charge is -2.07. The molecule has 0 radical (unpaired) electrons. The Morgan fingerprint density at radius 2 is 1.95 bits per heavy atom. The van der Waals surface area contributed by atoms with Gasteiger partial charge in [0, 0.05) is 18.8 Å². The van der Waals surface area contributed by atoms with Gasteiger partial charge in [-0.05, 0) is 30.2 Å². The highest BCUT2D eigenvalue weighted by atomic mass is 32.2. The van der Waals surface area contributed by atoms with Crippen molar-refractivity contribution in [2.24, 2.45) is 0 Å². The molecule has 1 heterocycles. The van der Waals surface area contributed by atoms with Crippen LogP contribution in [0.1, 0.15) is 5.56 Å². The van der Waals surface area contributed by atoms with Crippen LogP contribution in [0, 0.1) is 0 Å². The van der Waals surface area contributed by atoms with Crippen LogP contribution >= 0.6 is 0 Å². The number of anilines is 1. The number of sulfonamides is 1. The van der Waals surface area contributed by atoms with Gasteiger partial charge in [0.1, 0.15) is 11.6 Å². The van der Waals surface area contributed by atoms with Gasteiger partial charge in [-0.15, -0.1) is 0 Å². The summed E-state index contributed by atoms with van der Waals surface area (Å²) in [5.74, 6) is 0.944. The van der Waals surface area contributed by atoms with Crippen LogP contribution in [0.2, 0.25) is 0 Å². The Kier molecular flexibility index (Phi) is 4.77. The predicted molar refractivity (Wildman–Crippen MR) is 80.5 cm³/mol. The van der Waals surface area contributed by atoms with Gasteiger partial charge in [-0.2, -0.15) is 0 Å². The van der Waals surface area contributed by atoms with E-state index in [1.54, 1.807) is 7.11 Å². The van der Waals surface area contributed by atoms with Crippen molar-refractivity contribution >= 4 is 15.8 Å². The standard InChI is InChI=1S/C14H17N3O3S/c1-20-12-4-2-11(3-5-12)6-9-17-21(18,19)13-7-8-16-14(15)10-13/h2-5,7-8,10,17H,6,9H2,1H3,(H2,15,16). The van der Waals surface area contributed by atoms with Crippen molar-refractivity contribution in [3.63, 3.8) is 0 Å². The average Bonchev–Trinajstić information content (AvgIpc) is 2.48. The van der Waals surface area contributed by atoms with E-state index in [-0.39, 0.29) is 10.7 Å². The second-order valence-corrected chi connectivity index (χ2v) is 6.18. The molecule has 0 aliphatic carbocycles. The topological polar surface area (TPSA) is 94.3 Å². The zero-order chi connectivity index (χ0) is 15.3. The van der Waals surface area contributed by atoms with Crippen LogP contribution in [-0.2, 0) is 16.4 Å². The van der Waals surface area contributed by atoms with E-state index >= 15 is 0 Å². The lowest BCUT2D eigenvalue weighted by Crippen LogP contribution is -2.26. The smallest absolute Gasteiger partial charge is 0.240 e. The van der Waals surface area contributed by atoms with Crippen LogP contribution in [0.25, 0.3) is 0 Å².